The van der Waals surface area contributed by atoms with Gasteiger partial charge in [0.05, 0.1) is 16.3 Å². The second kappa shape index (κ2) is 7.38. The number of hydrogen-bond donors (Lipinski definition) is 2. The zero-order chi connectivity index (χ0) is 16.9. The lowest BCUT2D eigenvalue weighted by molar-refractivity contribution is 0.251. The molecule has 3 aromatic rings. The van der Waals surface area contributed by atoms with Crippen molar-refractivity contribution < 1.29 is 9.21 Å². The highest BCUT2D eigenvalue weighted by Gasteiger charge is 2.06. The Bertz CT molecular complexity index is 834. The number of urea groups is 1. The first-order valence-electron chi connectivity index (χ1n) is 7.10. The zero-order valence-corrected chi connectivity index (χ0v) is 13.9. The molecule has 0 unspecified atom stereocenters. The molecule has 0 radical (unpaired) electrons. The van der Waals surface area contributed by atoms with Crippen LogP contribution in [-0.2, 0) is 6.54 Å². The minimum Gasteiger partial charge on any atom is -0.463 e. The van der Waals surface area contributed by atoms with Crippen LogP contribution in [0.2, 0.25) is 10.0 Å². The fourth-order valence-corrected chi connectivity index (χ4v) is 2.33. The molecule has 0 aliphatic carbocycles. The molecule has 24 heavy (non-hydrogen) atoms. The molecule has 3 rings (SSSR count). The number of rotatable bonds is 4. The van der Waals surface area contributed by atoms with Crippen molar-refractivity contribution in [1.29, 1.82) is 0 Å². The summed E-state index contributed by atoms with van der Waals surface area (Å²) in [6, 6.07) is 11.9. The van der Waals surface area contributed by atoms with Gasteiger partial charge in [-0.25, -0.2) is 4.79 Å². The molecule has 0 fully saturated rings. The third kappa shape index (κ3) is 4.07. The predicted molar refractivity (Wildman–Crippen MR) is 94.3 cm³/mol. The number of carbonyl (C=O) groups is 1. The molecule has 1 aromatic carbocycles. The molecule has 0 saturated heterocycles. The van der Waals surface area contributed by atoms with E-state index in [4.69, 9.17) is 27.6 Å². The number of halogens is 2. The molecule has 0 saturated carbocycles. The van der Waals surface area contributed by atoms with Gasteiger partial charge in [0.2, 0.25) is 0 Å². The van der Waals surface area contributed by atoms with Gasteiger partial charge >= 0.3 is 6.03 Å². The largest absolute Gasteiger partial charge is 0.463 e. The van der Waals surface area contributed by atoms with Crippen LogP contribution in [0.25, 0.3) is 11.5 Å². The second-order valence-electron chi connectivity index (χ2n) is 4.97. The van der Waals surface area contributed by atoms with Crippen LogP contribution in [0.15, 0.2) is 59.3 Å². The van der Waals surface area contributed by atoms with E-state index in [1.54, 1.807) is 36.7 Å². The van der Waals surface area contributed by atoms with Crippen LogP contribution in [0, 0.1) is 0 Å². The Kier molecular flexibility index (Phi) is 5.03. The van der Waals surface area contributed by atoms with E-state index in [-0.39, 0.29) is 6.03 Å². The Balaban J connectivity index is 1.55. The van der Waals surface area contributed by atoms with Gasteiger partial charge < -0.3 is 15.1 Å². The molecule has 2 N–H and O–H groups in total. The monoisotopic (exact) mass is 361 g/mol. The molecule has 5 nitrogen and oxygen atoms in total. The van der Waals surface area contributed by atoms with Crippen molar-refractivity contribution in [2.75, 3.05) is 5.32 Å². The smallest absolute Gasteiger partial charge is 0.319 e. The van der Waals surface area contributed by atoms with Crippen LogP contribution in [0.3, 0.4) is 0 Å². The van der Waals surface area contributed by atoms with Crippen molar-refractivity contribution >= 4 is 34.9 Å². The molecule has 7 heteroatoms. The molecule has 2 aromatic heterocycles. The number of pyridine rings is 1. The molecule has 2 amide bonds. The summed E-state index contributed by atoms with van der Waals surface area (Å²) < 4.78 is 5.28. The average molecular weight is 362 g/mol. The zero-order valence-electron chi connectivity index (χ0n) is 12.4. The predicted octanol–water partition coefficient (Wildman–Crippen LogP) is 4.97. The van der Waals surface area contributed by atoms with E-state index in [0.29, 0.717) is 28.0 Å². The van der Waals surface area contributed by atoms with Crippen LogP contribution in [0.1, 0.15) is 5.56 Å². The highest BCUT2D eigenvalue weighted by molar-refractivity contribution is 6.42. The van der Waals surface area contributed by atoms with Gasteiger partial charge in [0, 0.05) is 18.4 Å². The maximum absolute atomic E-state index is 11.9. The number of furan rings is 1. The summed E-state index contributed by atoms with van der Waals surface area (Å²) in [5.74, 6) is 0.701. The number of nitrogens with zero attached hydrogens (tertiary/aromatic N) is 1. The Morgan fingerprint density at radius 3 is 2.67 bits per heavy atom. The summed E-state index contributed by atoms with van der Waals surface area (Å²) in [4.78, 5) is 16.2. The van der Waals surface area contributed by atoms with Crippen molar-refractivity contribution in [1.82, 2.24) is 10.3 Å². The first kappa shape index (κ1) is 16.4. The SMILES string of the molecule is O=C(NCc1ccc(-c2ccco2)nc1)Nc1ccc(Cl)c(Cl)c1. The van der Waals surface area contributed by atoms with E-state index in [1.165, 1.54) is 0 Å². The Morgan fingerprint density at radius 2 is 2.00 bits per heavy atom. The van der Waals surface area contributed by atoms with Gasteiger partial charge in [-0.05, 0) is 42.0 Å². The molecule has 0 aliphatic rings. The lowest BCUT2D eigenvalue weighted by Gasteiger charge is -2.08. The number of amides is 2. The summed E-state index contributed by atoms with van der Waals surface area (Å²) in [6.45, 7) is 0.346. The first-order valence-corrected chi connectivity index (χ1v) is 7.86. The molecule has 0 bridgehead atoms. The summed E-state index contributed by atoms with van der Waals surface area (Å²) in [7, 11) is 0. The van der Waals surface area contributed by atoms with Gasteiger partial charge in [-0.3, -0.25) is 4.98 Å². The average Bonchev–Trinajstić information content (AvgIpc) is 3.11. The van der Waals surface area contributed by atoms with Gasteiger partial charge in [0.25, 0.3) is 0 Å². The first-order chi connectivity index (χ1) is 11.6. The van der Waals surface area contributed by atoms with Gasteiger partial charge in [-0.1, -0.05) is 29.3 Å². The minimum absolute atomic E-state index is 0.344. The topological polar surface area (TPSA) is 67.2 Å². The van der Waals surface area contributed by atoms with E-state index in [0.717, 1.165) is 11.3 Å². The quantitative estimate of drug-likeness (QED) is 0.689. The number of carbonyl (C=O) groups excluding carboxylic acids is 1. The number of hydrogen-bond acceptors (Lipinski definition) is 3. The maximum atomic E-state index is 11.9. The van der Waals surface area contributed by atoms with Gasteiger partial charge in [0.15, 0.2) is 5.76 Å². The molecule has 122 valence electrons. The van der Waals surface area contributed by atoms with Crippen LogP contribution >= 0.6 is 23.2 Å². The Hall–Kier alpha value is -2.50. The van der Waals surface area contributed by atoms with Crippen molar-refractivity contribution in [2.45, 2.75) is 6.54 Å². The van der Waals surface area contributed by atoms with Crippen molar-refractivity contribution in [2.24, 2.45) is 0 Å². The molecular weight excluding hydrogens is 349 g/mol. The fourth-order valence-electron chi connectivity index (χ4n) is 2.03. The van der Waals surface area contributed by atoms with Gasteiger partial charge in [-0.15, -0.1) is 0 Å². The number of nitrogens with one attached hydrogen (secondary N) is 2. The standard InChI is InChI=1S/C17H13Cl2N3O2/c18-13-5-4-12(8-14(13)19)22-17(23)21-10-11-3-6-15(20-9-11)16-2-1-7-24-16/h1-9H,10H2,(H2,21,22,23). The third-order valence-corrected chi connectivity index (χ3v) is 3.97. The van der Waals surface area contributed by atoms with Crippen LogP contribution in [0.5, 0.6) is 0 Å². The summed E-state index contributed by atoms with van der Waals surface area (Å²) in [5, 5.41) is 6.25. The summed E-state index contributed by atoms with van der Waals surface area (Å²) >= 11 is 11.7. The number of anilines is 1. The molecule has 2 heterocycles. The van der Waals surface area contributed by atoms with Crippen molar-refractivity contribution in [3.05, 3.63) is 70.5 Å². The lowest BCUT2D eigenvalue weighted by atomic mass is 10.2. The second-order valence-corrected chi connectivity index (χ2v) is 5.78. The van der Waals surface area contributed by atoms with Gasteiger partial charge in [-0.2, -0.15) is 0 Å². The van der Waals surface area contributed by atoms with E-state index < -0.39 is 0 Å². The molecule has 0 atom stereocenters. The molecule has 0 spiro atoms. The highest BCUT2D eigenvalue weighted by atomic mass is 35.5. The van der Waals surface area contributed by atoms with Gasteiger partial charge in [0.1, 0.15) is 5.69 Å². The van der Waals surface area contributed by atoms with E-state index in [9.17, 15) is 4.79 Å². The van der Waals surface area contributed by atoms with Crippen molar-refractivity contribution in [3.8, 4) is 11.5 Å². The Morgan fingerprint density at radius 1 is 1.12 bits per heavy atom. The van der Waals surface area contributed by atoms with E-state index in [2.05, 4.69) is 15.6 Å². The molecule has 0 aliphatic heterocycles. The maximum Gasteiger partial charge on any atom is 0.319 e. The number of benzene rings is 1. The van der Waals surface area contributed by atoms with Crippen LogP contribution in [-0.4, -0.2) is 11.0 Å². The minimum atomic E-state index is -0.344. The lowest BCUT2D eigenvalue weighted by Crippen LogP contribution is -2.28. The number of aromatic nitrogens is 1. The summed E-state index contributed by atoms with van der Waals surface area (Å²) in [6.07, 6.45) is 3.29. The summed E-state index contributed by atoms with van der Waals surface area (Å²) in [5.41, 5.74) is 2.17. The Labute approximate surface area is 148 Å². The van der Waals surface area contributed by atoms with Crippen molar-refractivity contribution in [3.63, 3.8) is 0 Å². The van der Waals surface area contributed by atoms with Crippen LogP contribution < -0.4 is 10.6 Å². The third-order valence-electron chi connectivity index (χ3n) is 3.23. The van der Waals surface area contributed by atoms with Crippen LogP contribution in [0.4, 0.5) is 10.5 Å². The normalized spacial score (nSPS) is 10.4. The van der Waals surface area contributed by atoms with E-state index >= 15 is 0 Å². The fraction of sp³-hybridized carbons (Fsp3) is 0.0588. The molecular formula is C17H13Cl2N3O2. The highest BCUT2D eigenvalue weighted by Crippen LogP contribution is 2.24. The van der Waals surface area contributed by atoms with E-state index in [1.807, 2.05) is 18.2 Å².